The lowest BCUT2D eigenvalue weighted by atomic mass is 9.96. The second kappa shape index (κ2) is 8.10. The van der Waals surface area contributed by atoms with Gasteiger partial charge in [0.25, 0.3) is 0 Å². The number of fused-ring (bicyclic) bond motifs is 1. The topological polar surface area (TPSA) is 6.48 Å². The fraction of sp³-hybridized carbons (Fsp3) is 0.583. The van der Waals surface area contributed by atoms with E-state index in [4.69, 9.17) is 0 Å². The van der Waals surface area contributed by atoms with E-state index in [0.29, 0.717) is 0 Å². The minimum Gasteiger partial charge on any atom is -0.296 e. The van der Waals surface area contributed by atoms with E-state index in [0.717, 1.165) is 25.2 Å². The van der Waals surface area contributed by atoms with Gasteiger partial charge in [0.05, 0.1) is 0 Å². The number of hydrogen-bond donors (Lipinski definition) is 0. The van der Waals surface area contributed by atoms with E-state index in [9.17, 15) is 0 Å². The summed E-state index contributed by atoms with van der Waals surface area (Å²) in [7, 11) is 0. The molecule has 2 aromatic rings. The molecular formula is C24H34N2. The fourth-order valence-corrected chi connectivity index (χ4v) is 4.85. The maximum absolute atomic E-state index is 2.71. The Bertz CT molecular complexity index is 676. The van der Waals surface area contributed by atoms with E-state index < -0.39 is 0 Å². The SMILES string of the molecule is CC1CCCCN1Cc1cc2ccccc2cc1CN1CCCCC1C. The summed E-state index contributed by atoms with van der Waals surface area (Å²) in [6.45, 7) is 9.56. The smallest absolute Gasteiger partial charge is 0.0240 e. The molecule has 2 fully saturated rings. The Kier molecular flexibility index (Phi) is 5.61. The first-order valence-corrected chi connectivity index (χ1v) is 10.7. The summed E-state index contributed by atoms with van der Waals surface area (Å²) in [6.07, 6.45) is 8.21. The van der Waals surface area contributed by atoms with Crippen LogP contribution in [0.1, 0.15) is 63.5 Å². The van der Waals surface area contributed by atoms with Gasteiger partial charge in [-0.05, 0) is 86.7 Å². The number of likely N-dealkylation sites (tertiary alicyclic amines) is 2. The minimum absolute atomic E-state index is 0.719. The molecule has 2 heterocycles. The zero-order valence-corrected chi connectivity index (χ0v) is 16.6. The van der Waals surface area contributed by atoms with E-state index in [2.05, 4.69) is 60.0 Å². The van der Waals surface area contributed by atoms with E-state index in [1.807, 2.05) is 0 Å². The predicted octanol–water partition coefficient (Wildman–Crippen LogP) is 5.59. The molecule has 0 saturated carbocycles. The van der Waals surface area contributed by atoms with Gasteiger partial charge in [-0.3, -0.25) is 9.80 Å². The summed E-state index contributed by atoms with van der Waals surface area (Å²) in [5, 5.41) is 2.78. The summed E-state index contributed by atoms with van der Waals surface area (Å²) < 4.78 is 0. The number of nitrogens with zero attached hydrogens (tertiary/aromatic N) is 2. The third-order valence-corrected chi connectivity index (χ3v) is 6.70. The van der Waals surface area contributed by atoms with Gasteiger partial charge in [0.1, 0.15) is 0 Å². The highest BCUT2D eigenvalue weighted by atomic mass is 15.2. The first kappa shape index (κ1) is 18.0. The molecule has 0 aliphatic carbocycles. The van der Waals surface area contributed by atoms with Crippen LogP contribution in [0.15, 0.2) is 36.4 Å². The van der Waals surface area contributed by atoms with Crippen molar-refractivity contribution in [3.8, 4) is 0 Å². The van der Waals surface area contributed by atoms with Gasteiger partial charge in [0.15, 0.2) is 0 Å². The minimum atomic E-state index is 0.719. The van der Waals surface area contributed by atoms with Gasteiger partial charge in [0, 0.05) is 25.2 Å². The van der Waals surface area contributed by atoms with Gasteiger partial charge in [-0.1, -0.05) is 37.1 Å². The lowest BCUT2D eigenvalue weighted by Gasteiger charge is -2.36. The van der Waals surface area contributed by atoms with Gasteiger partial charge in [0.2, 0.25) is 0 Å². The van der Waals surface area contributed by atoms with Crippen LogP contribution in [-0.4, -0.2) is 35.0 Å². The highest BCUT2D eigenvalue weighted by molar-refractivity contribution is 5.84. The highest BCUT2D eigenvalue weighted by Crippen LogP contribution is 2.27. The second-order valence-corrected chi connectivity index (χ2v) is 8.60. The van der Waals surface area contributed by atoms with Crippen molar-refractivity contribution in [1.29, 1.82) is 0 Å². The molecule has 2 nitrogen and oxygen atoms in total. The summed E-state index contributed by atoms with van der Waals surface area (Å²) in [5.74, 6) is 0. The Morgan fingerprint density at radius 2 is 1.19 bits per heavy atom. The molecule has 2 atom stereocenters. The first-order chi connectivity index (χ1) is 12.7. The second-order valence-electron chi connectivity index (χ2n) is 8.60. The van der Waals surface area contributed by atoms with Gasteiger partial charge in [-0.15, -0.1) is 0 Å². The van der Waals surface area contributed by atoms with E-state index in [1.165, 1.54) is 62.4 Å². The Hall–Kier alpha value is -1.38. The molecule has 2 aromatic carbocycles. The predicted molar refractivity (Wildman–Crippen MR) is 111 cm³/mol. The van der Waals surface area contributed by atoms with Crippen LogP contribution in [0.4, 0.5) is 0 Å². The zero-order chi connectivity index (χ0) is 17.9. The highest BCUT2D eigenvalue weighted by Gasteiger charge is 2.22. The van der Waals surface area contributed by atoms with Gasteiger partial charge < -0.3 is 0 Å². The van der Waals surface area contributed by atoms with Crippen LogP contribution >= 0.6 is 0 Å². The Morgan fingerprint density at radius 1 is 0.731 bits per heavy atom. The Labute approximate surface area is 159 Å². The fourth-order valence-electron chi connectivity index (χ4n) is 4.85. The first-order valence-electron chi connectivity index (χ1n) is 10.7. The lowest BCUT2D eigenvalue weighted by Crippen LogP contribution is -2.38. The molecule has 2 saturated heterocycles. The molecule has 0 bridgehead atoms. The van der Waals surface area contributed by atoms with E-state index >= 15 is 0 Å². The summed E-state index contributed by atoms with van der Waals surface area (Å²) >= 11 is 0. The number of benzene rings is 2. The maximum atomic E-state index is 2.71. The van der Waals surface area contributed by atoms with Crippen molar-refractivity contribution >= 4 is 10.8 Å². The van der Waals surface area contributed by atoms with Crippen molar-refractivity contribution in [2.45, 2.75) is 77.5 Å². The Balaban J connectivity index is 1.64. The molecule has 0 radical (unpaired) electrons. The standard InChI is InChI=1S/C24H34N2/c1-19-9-5-7-13-25(19)17-23-15-21-11-3-4-12-22(21)16-24(23)18-26-14-8-6-10-20(26)2/h3-4,11-12,15-16,19-20H,5-10,13-14,17-18H2,1-2H3. The summed E-state index contributed by atoms with van der Waals surface area (Å²) in [6, 6.07) is 15.3. The quantitative estimate of drug-likeness (QED) is 0.709. The maximum Gasteiger partial charge on any atom is 0.0240 e. The third kappa shape index (κ3) is 3.97. The van der Waals surface area contributed by atoms with Gasteiger partial charge in [-0.25, -0.2) is 0 Å². The molecule has 2 unspecified atom stereocenters. The summed E-state index contributed by atoms with van der Waals surface area (Å²) in [4.78, 5) is 5.41. The van der Waals surface area contributed by atoms with Crippen molar-refractivity contribution in [1.82, 2.24) is 9.80 Å². The van der Waals surface area contributed by atoms with Crippen LogP contribution < -0.4 is 0 Å². The zero-order valence-electron chi connectivity index (χ0n) is 16.6. The molecule has 2 heteroatoms. The molecule has 0 spiro atoms. The average molecular weight is 351 g/mol. The molecule has 0 N–H and O–H groups in total. The van der Waals surface area contributed by atoms with Crippen molar-refractivity contribution < 1.29 is 0 Å². The van der Waals surface area contributed by atoms with Gasteiger partial charge in [-0.2, -0.15) is 0 Å². The lowest BCUT2D eigenvalue weighted by molar-refractivity contribution is 0.143. The molecule has 140 valence electrons. The normalized spacial score (nSPS) is 25.6. The van der Waals surface area contributed by atoms with Crippen LogP contribution in [0.2, 0.25) is 0 Å². The Morgan fingerprint density at radius 3 is 1.62 bits per heavy atom. The van der Waals surface area contributed by atoms with Crippen molar-refractivity contribution in [2.24, 2.45) is 0 Å². The molecule has 0 aromatic heterocycles. The monoisotopic (exact) mass is 350 g/mol. The van der Waals surface area contributed by atoms with E-state index in [1.54, 1.807) is 11.1 Å². The molecular weight excluding hydrogens is 316 g/mol. The van der Waals surface area contributed by atoms with Crippen molar-refractivity contribution in [3.05, 3.63) is 47.5 Å². The molecule has 2 aliphatic rings. The van der Waals surface area contributed by atoms with Crippen LogP contribution in [0.25, 0.3) is 10.8 Å². The van der Waals surface area contributed by atoms with Gasteiger partial charge >= 0.3 is 0 Å². The van der Waals surface area contributed by atoms with Crippen LogP contribution in [0.5, 0.6) is 0 Å². The van der Waals surface area contributed by atoms with Crippen molar-refractivity contribution in [3.63, 3.8) is 0 Å². The number of hydrogen-bond acceptors (Lipinski definition) is 2. The largest absolute Gasteiger partial charge is 0.296 e. The summed E-state index contributed by atoms with van der Waals surface area (Å²) in [5.41, 5.74) is 3.10. The average Bonchev–Trinajstić information content (AvgIpc) is 2.66. The molecule has 26 heavy (non-hydrogen) atoms. The number of piperidine rings is 2. The third-order valence-electron chi connectivity index (χ3n) is 6.70. The van der Waals surface area contributed by atoms with Crippen LogP contribution in [-0.2, 0) is 13.1 Å². The molecule has 0 amide bonds. The molecule has 4 rings (SSSR count). The van der Waals surface area contributed by atoms with E-state index in [-0.39, 0.29) is 0 Å². The number of rotatable bonds is 4. The van der Waals surface area contributed by atoms with Crippen LogP contribution in [0, 0.1) is 0 Å². The molecule has 2 aliphatic heterocycles. The van der Waals surface area contributed by atoms with Crippen LogP contribution in [0.3, 0.4) is 0 Å². The van der Waals surface area contributed by atoms with Crippen molar-refractivity contribution in [2.75, 3.05) is 13.1 Å².